The molecule has 0 aliphatic heterocycles. The van der Waals surface area contributed by atoms with Crippen molar-refractivity contribution in [2.45, 2.75) is 40.0 Å². The maximum Gasteiger partial charge on any atom is 0.250 e. The van der Waals surface area contributed by atoms with Gasteiger partial charge in [-0.15, -0.1) is 0 Å². The molecule has 0 saturated carbocycles. The van der Waals surface area contributed by atoms with Crippen molar-refractivity contribution < 1.29 is 0 Å². The number of aromatic nitrogens is 4. The molecule has 5 nitrogen and oxygen atoms in total. The molecular weight excluding hydrogens is 250 g/mol. The van der Waals surface area contributed by atoms with Crippen molar-refractivity contribution in [1.82, 2.24) is 25.1 Å². The van der Waals surface area contributed by atoms with Gasteiger partial charge in [0, 0.05) is 30.2 Å². The molecular formula is C15H23N5. The Labute approximate surface area is 120 Å². The topological polar surface area (TPSA) is 55.6 Å². The third-order valence-corrected chi connectivity index (χ3v) is 3.46. The van der Waals surface area contributed by atoms with Crippen LogP contribution in [0.4, 0.5) is 0 Å². The SMILES string of the molecule is CCCNCC(C)c1c(C)nn(-c2ncccn2)c1C. The van der Waals surface area contributed by atoms with E-state index in [1.54, 1.807) is 12.4 Å². The summed E-state index contributed by atoms with van der Waals surface area (Å²) in [4.78, 5) is 8.55. The molecule has 1 atom stereocenters. The standard InChI is InChI=1S/C15H23N5/c1-5-7-16-10-11(2)14-12(3)19-20(13(14)4)15-17-8-6-9-18-15/h6,8-9,11,16H,5,7,10H2,1-4H3. The van der Waals surface area contributed by atoms with E-state index in [1.165, 1.54) is 5.56 Å². The first-order valence-electron chi connectivity index (χ1n) is 7.19. The Bertz CT molecular complexity index is 547. The highest BCUT2D eigenvalue weighted by Gasteiger charge is 2.18. The average Bonchev–Trinajstić information content (AvgIpc) is 2.75. The van der Waals surface area contributed by atoms with Gasteiger partial charge < -0.3 is 5.32 Å². The second-order valence-electron chi connectivity index (χ2n) is 5.15. The molecule has 2 heterocycles. The van der Waals surface area contributed by atoms with Crippen molar-refractivity contribution in [2.24, 2.45) is 0 Å². The highest BCUT2D eigenvalue weighted by Crippen LogP contribution is 2.23. The van der Waals surface area contributed by atoms with Crippen molar-refractivity contribution in [2.75, 3.05) is 13.1 Å². The molecule has 0 aromatic carbocycles. The van der Waals surface area contributed by atoms with Gasteiger partial charge in [-0.1, -0.05) is 13.8 Å². The minimum Gasteiger partial charge on any atom is -0.316 e. The summed E-state index contributed by atoms with van der Waals surface area (Å²) in [5.74, 6) is 1.06. The van der Waals surface area contributed by atoms with Gasteiger partial charge in [-0.05, 0) is 38.8 Å². The van der Waals surface area contributed by atoms with Crippen LogP contribution in [0.5, 0.6) is 0 Å². The molecule has 1 unspecified atom stereocenters. The van der Waals surface area contributed by atoms with Crippen molar-refractivity contribution in [1.29, 1.82) is 0 Å². The largest absolute Gasteiger partial charge is 0.316 e. The smallest absolute Gasteiger partial charge is 0.250 e. The number of nitrogens with one attached hydrogen (secondary N) is 1. The molecule has 0 spiro atoms. The van der Waals surface area contributed by atoms with Gasteiger partial charge in [0.15, 0.2) is 0 Å². The van der Waals surface area contributed by atoms with Crippen LogP contribution in [0.2, 0.25) is 0 Å². The van der Waals surface area contributed by atoms with E-state index in [9.17, 15) is 0 Å². The monoisotopic (exact) mass is 273 g/mol. The maximum atomic E-state index is 4.59. The fraction of sp³-hybridized carbons (Fsp3) is 0.533. The number of hydrogen-bond acceptors (Lipinski definition) is 4. The quantitative estimate of drug-likeness (QED) is 0.821. The molecule has 1 N–H and O–H groups in total. The van der Waals surface area contributed by atoms with E-state index in [0.717, 1.165) is 30.9 Å². The number of nitrogens with zero attached hydrogens (tertiary/aromatic N) is 4. The van der Waals surface area contributed by atoms with Crippen LogP contribution in [0.15, 0.2) is 18.5 Å². The summed E-state index contributed by atoms with van der Waals surface area (Å²) in [5.41, 5.74) is 3.47. The fourth-order valence-corrected chi connectivity index (χ4v) is 2.56. The van der Waals surface area contributed by atoms with E-state index in [4.69, 9.17) is 0 Å². The molecule has 108 valence electrons. The summed E-state index contributed by atoms with van der Waals surface area (Å²) >= 11 is 0. The lowest BCUT2D eigenvalue weighted by Gasteiger charge is -2.13. The second-order valence-corrected chi connectivity index (χ2v) is 5.15. The van der Waals surface area contributed by atoms with Gasteiger partial charge in [-0.25, -0.2) is 14.6 Å². The molecule has 20 heavy (non-hydrogen) atoms. The summed E-state index contributed by atoms with van der Waals surface area (Å²) in [7, 11) is 0. The molecule has 0 amide bonds. The number of hydrogen-bond donors (Lipinski definition) is 1. The van der Waals surface area contributed by atoms with E-state index in [1.807, 2.05) is 10.7 Å². The van der Waals surface area contributed by atoms with E-state index in [-0.39, 0.29) is 0 Å². The van der Waals surface area contributed by atoms with Crippen molar-refractivity contribution in [3.8, 4) is 5.95 Å². The summed E-state index contributed by atoms with van der Waals surface area (Å²) in [6.45, 7) is 10.6. The fourth-order valence-electron chi connectivity index (χ4n) is 2.56. The minimum atomic E-state index is 0.430. The maximum absolute atomic E-state index is 4.59. The first kappa shape index (κ1) is 14.7. The van der Waals surface area contributed by atoms with Gasteiger partial charge in [0.05, 0.1) is 5.69 Å². The van der Waals surface area contributed by atoms with E-state index < -0.39 is 0 Å². The predicted octanol–water partition coefficient (Wildman–Crippen LogP) is 2.38. The molecule has 5 heteroatoms. The van der Waals surface area contributed by atoms with Crippen LogP contribution < -0.4 is 5.32 Å². The number of rotatable bonds is 6. The molecule has 0 saturated heterocycles. The average molecular weight is 273 g/mol. The van der Waals surface area contributed by atoms with Gasteiger partial charge >= 0.3 is 0 Å². The van der Waals surface area contributed by atoms with E-state index >= 15 is 0 Å². The Kier molecular flexibility index (Phi) is 4.84. The van der Waals surface area contributed by atoms with Crippen molar-refractivity contribution >= 4 is 0 Å². The lowest BCUT2D eigenvalue weighted by Crippen LogP contribution is -2.21. The predicted molar refractivity (Wildman–Crippen MR) is 80.2 cm³/mol. The van der Waals surface area contributed by atoms with Gasteiger partial charge in [-0.2, -0.15) is 5.10 Å². The Hall–Kier alpha value is -1.75. The summed E-state index contributed by atoms with van der Waals surface area (Å²) in [5, 5.41) is 8.06. The molecule has 0 fully saturated rings. The normalized spacial score (nSPS) is 12.6. The van der Waals surface area contributed by atoms with Gasteiger partial charge in [0.1, 0.15) is 0 Å². The van der Waals surface area contributed by atoms with Crippen LogP contribution in [-0.4, -0.2) is 32.8 Å². The Morgan fingerprint density at radius 2 is 1.95 bits per heavy atom. The first-order chi connectivity index (χ1) is 9.65. The van der Waals surface area contributed by atoms with Crippen LogP contribution in [0.3, 0.4) is 0 Å². The van der Waals surface area contributed by atoms with Crippen molar-refractivity contribution in [3.63, 3.8) is 0 Å². The Balaban J connectivity index is 2.25. The van der Waals surface area contributed by atoms with Gasteiger partial charge in [-0.3, -0.25) is 0 Å². The number of aryl methyl sites for hydroxylation is 1. The van der Waals surface area contributed by atoms with E-state index in [2.05, 4.69) is 48.1 Å². The molecule has 2 aromatic heterocycles. The third-order valence-electron chi connectivity index (χ3n) is 3.46. The molecule has 0 bridgehead atoms. The van der Waals surface area contributed by atoms with E-state index in [0.29, 0.717) is 11.9 Å². The lowest BCUT2D eigenvalue weighted by atomic mass is 9.99. The summed E-state index contributed by atoms with van der Waals surface area (Å²) in [6, 6.07) is 1.81. The highest BCUT2D eigenvalue weighted by molar-refractivity contribution is 5.32. The van der Waals surface area contributed by atoms with Gasteiger partial charge in [0.25, 0.3) is 5.95 Å². The summed E-state index contributed by atoms with van der Waals surface area (Å²) < 4.78 is 1.83. The van der Waals surface area contributed by atoms with Crippen LogP contribution in [0.25, 0.3) is 5.95 Å². The van der Waals surface area contributed by atoms with Crippen LogP contribution in [-0.2, 0) is 0 Å². The molecule has 0 aliphatic carbocycles. The van der Waals surface area contributed by atoms with Crippen LogP contribution >= 0.6 is 0 Å². The van der Waals surface area contributed by atoms with Crippen LogP contribution in [0.1, 0.15) is 43.1 Å². The molecule has 2 aromatic rings. The zero-order valence-corrected chi connectivity index (χ0v) is 12.7. The van der Waals surface area contributed by atoms with Crippen molar-refractivity contribution in [3.05, 3.63) is 35.4 Å². The third kappa shape index (κ3) is 3.04. The zero-order valence-electron chi connectivity index (χ0n) is 12.7. The molecule has 0 radical (unpaired) electrons. The molecule has 0 aliphatic rings. The van der Waals surface area contributed by atoms with Gasteiger partial charge in [0.2, 0.25) is 0 Å². The van der Waals surface area contributed by atoms with Crippen LogP contribution in [0, 0.1) is 13.8 Å². The minimum absolute atomic E-state index is 0.430. The highest BCUT2D eigenvalue weighted by atomic mass is 15.4. The molecule has 2 rings (SSSR count). The summed E-state index contributed by atoms with van der Waals surface area (Å²) in [6.07, 6.45) is 4.64. The first-order valence-corrected chi connectivity index (χ1v) is 7.19. The second kappa shape index (κ2) is 6.61. The Morgan fingerprint density at radius 1 is 1.25 bits per heavy atom. The zero-order chi connectivity index (χ0) is 14.5. The Morgan fingerprint density at radius 3 is 2.60 bits per heavy atom. The lowest BCUT2D eigenvalue weighted by molar-refractivity contribution is 0.605.